The average molecular weight is 681 g/mol. The second kappa shape index (κ2) is 13.3. The van der Waals surface area contributed by atoms with Gasteiger partial charge in [-0.1, -0.05) is 24.1 Å². The Kier molecular flexibility index (Phi) is 9.02. The number of rotatable bonds is 7. The zero-order chi connectivity index (χ0) is 34.4. The summed E-state index contributed by atoms with van der Waals surface area (Å²) >= 11 is 1.70. The maximum Gasteiger partial charge on any atom is 0.413 e. The summed E-state index contributed by atoms with van der Waals surface area (Å²) in [5.74, 6) is 1.13. The number of aliphatic imine (C=N–C) groups is 1. The fourth-order valence-corrected chi connectivity index (χ4v) is 9.55. The molecule has 2 N–H and O–H groups in total. The Balaban J connectivity index is 1.23. The number of carbonyl (C=O) groups excluding carboxylic acids is 2. The molecule has 49 heavy (non-hydrogen) atoms. The normalized spacial score (nSPS) is 21.5. The first-order chi connectivity index (χ1) is 23.5. The molecule has 3 aromatic heterocycles. The van der Waals surface area contributed by atoms with Gasteiger partial charge in [0.15, 0.2) is 0 Å². The van der Waals surface area contributed by atoms with E-state index in [2.05, 4.69) is 96.1 Å². The van der Waals surface area contributed by atoms with E-state index in [0.29, 0.717) is 30.5 Å². The number of fused-ring (bicyclic) bond motifs is 3. The summed E-state index contributed by atoms with van der Waals surface area (Å²) in [6.45, 7) is 12.6. The Morgan fingerprint density at radius 2 is 1.73 bits per heavy atom. The lowest BCUT2D eigenvalue weighted by atomic mass is 9.88. The number of hydrogen-bond donors (Lipinski definition) is 2. The molecular weight excluding hydrogens is 633 g/mol. The molecule has 9 nitrogen and oxygen atoms in total. The third kappa shape index (κ3) is 6.35. The van der Waals surface area contributed by atoms with Gasteiger partial charge in [0.2, 0.25) is 11.9 Å². The number of likely N-dealkylation sites (tertiary alicyclic amines) is 1. The first kappa shape index (κ1) is 33.3. The van der Waals surface area contributed by atoms with Crippen molar-refractivity contribution in [1.82, 2.24) is 25.1 Å². The predicted molar refractivity (Wildman–Crippen MR) is 196 cm³/mol. The first-order valence-corrected chi connectivity index (χ1v) is 18.5. The number of alkyl carbamates (subject to hydrolysis) is 1. The predicted octanol–water partition coefficient (Wildman–Crippen LogP) is 7.64. The summed E-state index contributed by atoms with van der Waals surface area (Å²) in [7, 11) is 1.38. The van der Waals surface area contributed by atoms with Crippen LogP contribution in [-0.4, -0.2) is 76.6 Å². The fourth-order valence-electron chi connectivity index (χ4n) is 8.37. The highest BCUT2D eigenvalue weighted by atomic mass is 32.1. The summed E-state index contributed by atoms with van der Waals surface area (Å²) in [6, 6.07) is 13.8. The van der Waals surface area contributed by atoms with Crippen molar-refractivity contribution in [3.63, 3.8) is 0 Å². The number of nitrogens with one attached hydrogen (secondary N) is 2. The van der Waals surface area contributed by atoms with E-state index in [4.69, 9.17) is 9.73 Å². The summed E-state index contributed by atoms with van der Waals surface area (Å²) in [6.07, 6.45) is 8.62. The number of aromatic nitrogens is 2. The molecule has 7 rings (SSSR count). The van der Waals surface area contributed by atoms with Crippen molar-refractivity contribution in [2.24, 2.45) is 4.99 Å². The van der Waals surface area contributed by atoms with Gasteiger partial charge in [0, 0.05) is 66.2 Å². The van der Waals surface area contributed by atoms with Crippen LogP contribution in [0.1, 0.15) is 91.8 Å². The molecule has 3 aliphatic rings. The molecule has 0 saturated carbocycles. The number of ether oxygens (including phenoxy) is 1. The highest BCUT2D eigenvalue weighted by Crippen LogP contribution is 2.46. The maximum atomic E-state index is 14.1. The number of methoxy groups -OCH3 is 1. The zero-order valence-corrected chi connectivity index (χ0v) is 30.3. The molecule has 258 valence electrons. The van der Waals surface area contributed by atoms with Crippen LogP contribution < -0.4 is 5.32 Å². The van der Waals surface area contributed by atoms with E-state index in [9.17, 15) is 9.59 Å². The molecular formula is C39H48N6O3S. The van der Waals surface area contributed by atoms with Gasteiger partial charge < -0.3 is 19.5 Å². The molecule has 0 aliphatic carbocycles. The molecule has 10 heteroatoms. The van der Waals surface area contributed by atoms with Crippen LogP contribution in [0.4, 0.5) is 4.79 Å². The summed E-state index contributed by atoms with van der Waals surface area (Å²) in [5, 5.41) is 4.05. The fraction of sp³-hybridized carbons (Fsp3) is 0.487. The number of benzene rings is 1. The Bertz CT molecular complexity index is 1850. The third-order valence-electron chi connectivity index (χ3n) is 11.0. The molecule has 2 atom stereocenters. The molecule has 3 saturated heterocycles. The van der Waals surface area contributed by atoms with Gasteiger partial charge in [-0.3, -0.25) is 20.1 Å². The molecule has 2 amide bonds. The Morgan fingerprint density at radius 3 is 2.39 bits per heavy atom. The lowest BCUT2D eigenvalue weighted by molar-refractivity contribution is -0.137. The molecule has 3 aliphatic heterocycles. The third-order valence-corrected chi connectivity index (χ3v) is 12.3. The molecule has 0 radical (unpaired) electrons. The average Bonchev–Trinajstić information content (AvgIpc) is 3.92. The number of aryl methyl sites for hydroxylation is 2. The minimum Gasteiger partial charge on any atom is -0.453 e. The molecule has 6 heterocycles. The number of hydrogen-bond acceptors (Lipinski definition) is 6. The van der Waals surface area contributed by atoms with Gasteiger partial charge in [-0.25, -0.2) is 4.79 Å². The number of pyridine rings is 1. The topological polar surface area (TPSA) is 103 Å². The Hall–Kier alpha value is -4.18. The van der Waals surface area contributed by atoms with Gasteiger partial charge in [0.05, 0.1) is 18.2 Å². The van der Waals surface area contributed by atoms with Crippen molar-refractivity contribution in [1.29, 1.82) is 0 Å². The smallest absolute Gasteiger partial charge is 0.413 e. The summed E-state index contributed by atoms with van der Waals surface area (Å²) in [4.78, 5) is 46.1. The van der Waals surface area contributed by atoms with E-state index < -0.39 is 11.5 Å². The van der Waals surface area contributed by atoms with Gasteiger partial charge in [-0.05, 0) is 107 Å². The number of aromatic amines is 1. The highest BCUT2D eigenvalue weighted by Gasteiger charge is 2.47. The second-order valence-electron chi connectivity index (χ2n) is 14.8. The van der Waals surface area contributed by atoms with E-state index in [1.165, 1.54) is 29.4 Å². The Labute approximate surface area is 293 Å². The van der Waals surface area contributed by atoms with Crippen LogP contribution in [0.2, 0.25) is 0 Å². The van der Waals surface area contributed by atoms with Gasteiger partial charge in [0.1, 0.15) is 4.83 Å². The minimum absolute atomic E-state index is 0.00769. The molecule has 1 aromatic carbocycles. The summed E-state index contributed by atoms with van der Waals surface area (Å²) < 4.78 is 5.00. The van der Waals surface area contributed by atoms with Crippen LogP contribution in [0, 0.1) is 13.8 Å². The van der Waals surface area contributed by atoms with Crippen LogP contribution in [-0.2, 0) is 14.9 Å². The van der Waals surface area contributed by atoms with Crippen molar-refractivity contribution in [2.75, 3.05) is 26.7 Å². The van der Waals surface area contributed by atoms with E-state index in [0.717, 1.165) is 71.5 Å². The van der Waals surface area contributed by atoms with E-state index in [1.54, 1.807) is 11.3 Å². The number of amides is 2. The number of H-pyrrole nitrogens is 1. The maximum absolute atomic E-state index is 14.1. The number of carbonyl (C=O) groups is 2. The monoisotopic (exact) mass is 680 g/mol. The van der Waals surface area contributed by atoms with Crippen molar-refractivity contribution in [3.05, 3.63) is 75.9 Å². The highest BCUT2D eigenvalue weighted by molar-refractivity contribution is 7.19. The van der Waals surface area contributed by atoms with Crippen LogP contribution in [0.15, 0.2) is 53.8 Å². The first-order valence-electron chi connectivity index (χ1n) is 17.6. The molecule has 0 spiro atoms. The van der Waals surface area contributed by atoms with Gasteiger partial charge in [-0.2, -0.15) is 0 Å². The SMILES string of the molecule is COC(=O)NC(=NC[C@@H](C)c1c(-c2cc(C)cc(C)c2)[nH]c2sc(C(C)(C)C(=O)N3C4CCC3CC4)cc12)N1CCC(c2ccncc2)C1. The lowest BCUT2D eigenvalue weighted by Gasteiger charge is -2.31. The van der Waals surface area contributed by atoms with Crippen LogP contribution in [0.5, 0.6) is 0 Å². The van der Waals surface area contributed by atoms with Crippen molar-refractivity contribution in [2.45, 2.75) is 96.1 Å². The van der Waals surface area contributed by atoms with Crippen molar-refractivity contribution in [3.8, 4) is 11.3 Å². The van der Waals surface area contributed by atoms with E-state index >= 15 is 0 Å². The number of thiophene rings is 1. The van der Waals surface area contributed by atoms with Crippen molar-refractivity contribution >= 4 is 39.5 Å². The summed E-state index contributed by atoms with van der Waals surface area (Å²) in [5.41, 5.74) is 6.45. The standard InChI is InChI=1S/C39H48N6O3S/c1-23-17-24(2)19-28(18-23)34-33(31-20-32(49-35(31)42-34)39(4,5)36(46)45-29-7-8-30(45)10-9-29)25(3)21-41-37(43-38(47)48-6)44-16-13-27(22-44)26-11-14-40-15-12-26/h11-12,14-15,17-20,25,27,29-30,42H,7-10,13,16,21-22H2,1-6H3,(H,41,43,47)/t25-,27?,29?,30?/m1/s1. The van der Waals surface area contributed by atoms with Gasteiger partial charge >= 0.3 is 6.09 Å². The van der Waals surface area contributed by atoms with E-state index in [1.807, 2.05) is 12.4 Å². The number of guanidine groups is 1. The second-order valence-corrected chi connectivity index (χ2v) is 15.9. The van der Waals surface area contributed by atoms with Gasteiger partial charge in [-0.15, -0.1) is 11.3 Å². The van der Waals surface area contributed by atoms with Crippen LogP contribution in [0.3, 0.4) is 0 Å². The van der Waals surface area contributed by atoms with Crippen LogP contribution in [0.25, 0.3) is 21.5 Å². The van der Waals surface area contributed by atoms with E-state index in [-0.39, 0.29) is 11.8 Å². The van der Waals surface area contributed by atoms with Crippen LogP contribution >= 0.6 is 11.3 Å². The zero-order valence-electron chi connectivity index (χ0n) is 29.5. The van der Waals surface area contributed by atoms with Crippen molar-refractivity contribution < 1.29 is 14.3 Å². The Morgan fingerprint density at radius 1 is 1.06 bits per heavy atom. The molecule has 1 unspecified atom stereocenters. The minimum atomic E-state index is -0.618. The molecule has 4 aromatic rings. The number of nitrogens with zero attached hydrogens (tertiary/aromatic N) is 4. The molecule has 2 bridgehead atoms. The largest absolute Gasteiger partial charge is 0.453 e. The quantitative estimate of drug-likeness (QED) is 0.154. The lowest BCUT2D eigenvalue weighted by Crippen LogP contribution is -2.45. The van der Waals surface area contributed by atoms with Gasteiger partial charge in [0.25, 0.3) is 0 Å². The molecule has 3 fully saturated rings.